The van der Waals surface area contributed by atoms with Crippen LogP contribution in [0.5, 0.6) is 0 Å². The number of amides is 2. The van der Waals surface area contributed by atoms with Gasteiger partial charge in [0.15, 0.2) is 0 Å². The lowest BCUT2D eigenvalue weighted by Gasteiger charge is -2.37. The molecule has 1 aromatic carbocycles. The van der Waals surface area contributed by atoms with Crippen LogP contribution in [-0.4, -0.2) is 53.1 Å². The first-order valence-corrected chi connectivity index (χ1v) is 9.71. The molecule has 9 heteroatoms. The molecule has 2 amide bonds. The summed E-state index contributed by atoms with van der Waals surface area (Å²) in [5, 5.41) is 9.12. The second-order valence-electron chi connectivity index (χ2n) is 6.90. The van der Waals surface area contributed by atoms with E-state index in [0.717, 1.165) is 24.2 Å². The van der Waals surface area contributed by atoms with E-state index >= 15 is 0 Å². The second-order valence-corrected chi connectivity index (χ2v) is 7.34. The van der Waals surface area contributed by atoms with E-state index in [1.165, 1.54) is 6.08 Å². The van der Waals surface area contributed by atoms with E-state index in [4.69, 9.17) is 16.8 Å². The largest absolute Gasteiger partial charge is 0.357 e. The van der Waals surface area contributed by atoms with Gasteiger partial charge in [0, 0.05) is 49.0 Å². The fourth-order valence-corrected chi connectivity index (χ4v) is 3.46. The summed E-state index contributed by atoms with van der Waals surface area (Å²) in [4.78, 5) is 32.1. The Hall–Kier alpha value is -2.61. The van der Waals surface area contributed by atoms with Crippen molar-refractivity contribution in [3.63, 3.8) is 0 Å². The van der Waals surface area contributed by atoms with Gasteiger partial charge in [0.2, 0.25) is 0 Å². The maximum absolute atomic E-state index is 12.6. The predicted octanol–water partition coefficient (Wildman–Crippen LogP) is 3.42. The van der Waals surface area contributed by atoms with Crippen LogP contribution in [0.15, 0.2) is 48.7 Å². The number of hydrogen-bond acceptors (Lipinski definition) is 5. The van der Waals surface area contributed by atoms with Gasteiger partial charge in [0.25, 0.3) is 11.8 Å². The molecule has 0 spiro atoms. The minimum Gasteiger partial charge on any atom is -0.357 e. The standard InChI is InChI=1S/C21H23ClN4O3.ClH/c1-25(19-8-2-15(14-23-19)3-9-20(27)24-29)18-10-12-26(13-11-18)21(28)16-4-6-17(22)7-5-16;/h2-9,14,18,29H,10-13H2,1H3,(H,24,27);1H/b9-3+;. The molecule has 3 rings (SSSR count). The van der Waals surface area contributed by atoms with E-state index < -0.39 is 5.91 Å². The van der Waals surface area contributed by atoms with Crippen LogP contribution in [0, 0.1) is 0 Å². The highest BCUT2D eigenvalue weighted by Crippen LogP contribution is 2.22. The Balaban J connectivity index is 0.00000320. The van der Waals surface area contributed by atoms with Crippen LogP contribution < -0.4 is 10.4 Å². The van der Waals surface area contributed by atoms with E-state index in [1.54, 1.807) is 42.0 Å². The molecule has 30 heavy (non-hydrogen) atoms. The maximum atomic E-state index is 12.6. The molecule has 7 nitrogen and oxygen atoms in total. The first-order valence-electron chi connectivity index (χ1n) is 9.34. The number of pyridine rings is 1. The molecule has 0 aliphatic carbocycles. The van der Waals surface area contributed by atoms with Gasteiger partial charge >= 0.3 is 0 Å². The molecule has 1 fully saturated rings. The molecule has 0 atom stereocenters. The van der Waals surface area contributed by atoms with Gasteiger partial charge in [0.1, 0.15) is 5.82 Å². The van der Waals surface area contributed by atoms with Crippen molar-refractivity contribution in [1.82, 2.24) is 15.4 Å². The molecule has 0 saturated carbocycles. The Morgan fingerprint density at radius 3 is 2.43 bits per heavy atom. The van der Waals surface area contributed by atoms with Crippen LogP contribution in [0.4, 0.5) is 5.82 Å². The molecule has 160 valence electrons. The van der Waals surface area contributed by atoms with Crippen LogP contribution in [-0.2, 0) is 4.79 Å². The normalized spacial score (nSPS) is 14.3. The minimum atomic E-state index is -0.592. The second kappa shape index (κ2) is 11.0. The van der Waals surface area contributed by atoms with Gasteiger partial charge in [-0.1, -0.05) is 11.6 Å². The number of halogens is 2. The zero-order chi connectivity index (χ0) is 20.8. The van der Waals surface area contributed by atoms with Crippen LogP contribution in [0.3, 0.4) is 0 Å². The van der Waals surface area contributed by atoms with E-state index in [2.05, 4.69) is 9.88 Å². The molecule has 1 aliphatic heterocycles. The molecule has 1 aromatic heterocycles. The highest BCUT2D eigenvalue weighted by Gasteiger charge is 2.26. The third-order valence-electron chi connectivity index (χ3n) is 5.06. The Kier molecular flexibility index (Phi) is 8.65. The van der Waals surface area contributed by atoms with Crippen molar-refractivity contribution in [3.8, 4) is 0 Å². The summed E-state index contributed by atoms with van der Waals surface area (Å²) in [5.41, 5.74) is 2.96. The van der Waals surface area contributed by atoms with Crippen molar-refractivity contribution in [3.05, 3.63) is 64.8 Å². The SMILES string of the molecule is CN(c1ccc(/C=C/C(=O)NO)cn1)C1CCN(C(=O)c2ccc(Cl)cc2)CC1.Cl. The fourth-order valence-electron chi connectivity index (χ4n) is 3.33. The highest BCUT2D eigenvalue weighted by molar-refractivity contribution is 6.30. The monoisotopic (exact) mass is 450 g/mol. The molecule has 0 bridgehead atoms. The molecule has 0 unspecified atom stereocenters. The number of carbonyl (C=O) groups is 2. The van der Waals surface area contributed by atoms with Crippen molar-refractivity contribution < 1.29 is 14.8 Å². The summed E-state index contributed by atoms with van der Waals surface area (Å²) in [6, 6.07) is 11.0. The van der Waals surface area contributed by atoms with Crippen molar-refractivity contribution in [2.75, 3.05) is 25.0 Å². The number of piperidine rings is 1. The van der Waals surface area contributed by atoms with Crippen molar-refractivity contribution >= 4 is 47.7 Å². The lowest BCUT2D eigenvalue weighted by Crippen LogP contribution is -2.45. The van der Waals surface area contributed by atoms with Crippen LogP contribution in [0.2, 0.25) is 5.02 Å². The van der Waals surface area contributed by atoms with E-state index in [1.807, 2.05) is 24.1 Å². The van der Waals surface area contributed by atoms with E-state index in [-0.39, 0.29) is 18.3 Å². The first-order chi connectivity index (χ1) is 14.0. The topological polar surface area (TPSA) is 85.8 Å². The van der Waals surface area contributed by atoms with E-state index in [9.17, 15) is 9.59 Å². The average Bonchev–Trinajstić information content (AvgIpc) is 2.77. The number of nitrogens with zero attached hydrogens (tertiary/aromatic N) is 3. The average molecular weight is 451 g/mol. The van der Waals surface area contributed by atoms with Crippen LogP contribution in [0.25, 0.3) is 6.08 Å². The molecule has 1 aliphatic rings. The minimum absolute atomic E-state index is 0. The summed E-state index contributed by atoms with van der Waals surface area (Å²) in [6.07, 6.45) is 6.19. The van der Waals surface area contributed by atoms with Gasteiger partial charge in [0.05, 0.1) is 0 Å². The van der Waals surface area contributed by atoms with Crippen molar-refractivity contribution in [1.29, 1.82) is 0 Å². The zero-order valence-electron chi connectivity index (χ0n) is 16.5. The number of hydroxylamine groups is 1. The quantitative estimate of drug-likeness (QED) is 0.414. The number of nitrogens with one attached hydrogen (secondary N) is 1. The Morgan fingerprint density at radius 1 is 1.20 bits per heavy atom. The summed E-state index contributed by atoms with van der Waals surface area (Å²) in [7, 11) is 2.00. The number of carbonyl (C=O) groups excluding carboxylic acids is 2. The third kappa shape index (κ3) is 5.95. The van der Waals surface area contributed by atoms with Crippen LogP contribution in [0.1, 0.15) is 28.8 Å². The number of aromatic nitrogens is 1. The number of benzene rings is 1. The Bertz CT molecular complexity index is 880. The predicted molar refractivity (Wildman–Crippen MR) is 119 cm³/mol. The third-order valence-corrected chi connectivity index (χ3v) is 5.31. The van der Waals surface area contributed by atoms with Gasteiger partial charge in [-0.05, 0) is 60.9 Å². The smallest absolute Gasteiger partial charge is 0.267 e. The van der Waals surface area contributed by atoms with Crippen molar-refractivity contribution in [2.24, 2.45) is 0 Å². The number of likely N-dealkylation sites (tertiary alicyclic amines) is 1. The zero-order valence-corrected chi connectivity index (χ0v) is 18.1. The number of rotatable bonds is 5. The maximum Gasteiger partial charge on any atom is 0.267 e. The molecule has 1 saturated heterocycles. The molecular formula is C21H24Cl2N4O3. The van der Waals surface area contributed by atoms with E-state index in [0.29, 0.717) is 29.7 Å². The molecule has 2 aromatic rings. The molecule has 2 N–H and O–H groups in total. The lowest BCUT2D eigenvalue weighted by atomic mass is 10.0. The Morgan fingerprint density at radius 2 is 1.87 bits per heavy atom. The molecule has 0 radical (unpaired) electrons. The highest BCUT2D eigenvalue weighted by atomic mass is 35.5. The Labute approximate surface area is 186 Å². The number of anilines is 1. The summed E-state index contributed by atoms with van der Waals surface area (Å²) < 4.78 is 0. The molecule has 2 heterocycles. The van der Waals surface area contributed by atoms with Gasteiger partial charge in [-0.2, -0.15) is 0 Å². The van der Waals surface area contributed by atoms with Crippen molar-refractivity contribution in [2.45, 2.75) is 18.9 Å². The molecular weight excluding hydrogens is 427 g/mol. The van der Waals surface area contributed by atoms with Gasteiger partial charge in [-0.25, -0.2) is 10.5 Å². The summed E-state index contributed by atoms with van der Waals surface area (Å²) in [6.45, 7) is 1.38. The summed E-state index contributed by atoms with van der Waals surface area (Å²) in [5.74, 6) is 0.270. The van der Waals surface area contributed by atoms with Gasteiger partial charge in [-0.3, -0.25) is 14.8 Å². The van der Waals surface area contributed by atoms with Crippen LogP contribution >= 0.6 is 24.0 Å². The van der Waals surface area contributed by atoms with Gasteiger partial charge < -0.3 is 9.80 Å². The number of hydrogen-bond donors (Lipinski definition) is 2. The fraction of sp³-hybridized carbons (Fsp3) is 0.286. The first kappa shape index (κ1) is 23.7. The lowest BCUT2D eigenvalue weighted by molar-refractivity contribution is -0.124. The summed E-state index contributed by atoms with van der Waals surface area (Å²) >= 11 is 5.89. The van der Waals surface area contributed by atoms with Gasteiger partial charge in [-0.15, -0.1) is 12.4 Å².